The van der Waals surface area contributed by atoms with Crippen LogP contribution in [-0.4, -0.2) is 89.2 Å². The molecule has 0 aromatic rings. The second-order valence-corrected chi connectivity index (χ2v) is 23.5. The van der Waals surface area contributed by atoms with Crippen molar-refractivity contribution in [3.05, 3.63) is 60.8 Å². The van der Waals surface area contributed by atoms with Crippen molar-refractivity contribution < 1.29 is 58.2 Å². The lowest BCUT2D eigenvalue weighted by Gasteiger charge is -2.40. The summed E-state index contributed by atoms with van der Waals surface area (Å²) in [5.41, 5.74) is 0. The molecular weight excluding hydrogens is 1040 g/mol. The van der Waals surface area contributed by atoms with Gasteiger partial charge in [-0.25, -0.2) is 4.79 Å². The molecule has 480 valence electrons. The van der Waals surface area contributed by atoms with E-state index in [1.165, 1.54) is 193 Å². The number of carboxylic acids is 1. The number of ether oxygens (including phenoxy) is 5. The molecule has 0 saturated carbocycles. The van der Waals surface area contributed by atoms with Crippen molar-refractivity contribution in [2.45, 2.75) is 353 Å². The number of carboxylic acid groups (broad SMARTS) is 1. The number of hydrogen-bond acceptors (Lipinski definition) is 11. The molecule has 1 heterocycles. The molecule has 0 amide bonds. The summed E-state index contributed by atoms with van der Waals surface area (Å²) in [6, 6.07) is 0. The Morgan fingerprint density at radius 3 is 1.11 bits per heavy atom. The van der Waals surface area contributed by atoms with Gasteiger partial charge in [-0.1, -0.05) is 313 Å². The standard InChI is InChI=1S/C71H124O12/c1-4-7-10-13-16-19-22-25-28-30-32-34-37-39-42-45-48-51-54-57-63(72)79-60-62(81-64(73)58-55-52-49-46-43-41-38-35-33-31-29-26-23-20-17-14-11-8-5-2)61-80-71-69(67(76)66(75)68(83-71)70(77)78)82-65(74)59-56-53-50-47-44-40-36-27-24-21-18-15-12-9-6-3/h9,12,18,21,27,36,44,47,53,56,62,66-69,71,75-76H,4-8,10-11,13-17,19-20,22-26,28-35,37-43,45-46,48-52,54-55,57-61H2,1-3H3,(H,77,78)/b12-9-,21-18-,36-27-,47-44-,56-53-. The van der Waals surface area contributed by atoms with Crippen LogP contribution in [-0.2, 0) is 42.9 Å². The first-order valence-electron chi connectivity index (χ1n) is 34.3. The van der Waals surface area contributed by atoms with Crippen LogP contribution >= 0.6 is 0 Å². The maximum Gasteiger partial charge on any atom is 0.335 e. The maximum absolute atomic E-state index is 13.2. The van der Waals surface area contributed by atoms with Crippen molar-refractivity contribution in [2.24, 2.45) is 0 Å². The zero-order valence-electron chi connectivity index (χ0n) is 53.2. The number of aliphatic hydroxyl groups is 2. The summed E-state index contributed by atoms with van der Waals surface area (Å²) in [6.45, 7) is 5.90. The fraction of sp³-hybridized carbons (Fsp3) is 0.803. The van der Waals surface area contributed by atoms with Gasteiger partial charge < -0.3 is 39.0 Å². The second-order valence-electron chi connectivity index (χ2n) is 23.5. The molecule has 0 bridgehead atoms. The number of allylic oxidation sites excluding steroid dienone is 9. The second kappa shape index (κ2) is 58.8. The van der Waals surface area contributed by atoms with E-state index in [4.69, 9.17) is 23.7 Å². The van der Waals surface area contributed by atoms with Crippen molar-refractivity contribution in [2.75, 3.05) is 13.2 Å². The lowest BCUT2D eigenvalue weighted by molar-refractivity contribution is -0.301. The number of hydrogen-bond donors (Lipinski definition) is 3. The highest BCUT2D eigenvalue weighted by molar-refractivity contribution is 5.74. The van der Waals surface area contributed by atoms with Gasteiger partial charge in [-0.05, 0) is 44.9 Å². The van der Waals surface area contributed by atoms with Crippen LogP contribution in [0.5, 0.6) is 0 Å². The Morgan fingerprint density at radius 2 is 0.747 bits per heavy atom. The number of aliphatic carboxylic acids is 1. The monoisotopic (exact) mass is 1170 g/mol. The van der Waals surface area contributed by atoms with Gasteiger partial charge >= 0.3 is 23.9 Å². The van der Waals surface area contributed by atoms with Gasteiger partial charge in [0.15, 0.2) is 24.6 Å². The lowest BCUT2D eigenvalue weighted by atomic mass is 9.98. The van der Waals surface area contributed by atoms with Crippen molar-refractivity contribution in [1.29, 1.82) is 0 Å². The third-order valence-electron chi connectivity index (χ3n) is 15.6. The van der Waals surface area contributed by atoms with Crippen molar-refractivity contribution in [3.63, 3.8) is 0 Å². The third-order valence-corrected chi connectivity index (χ3v) is 15.6. The van der Waals surface area contributed by atoms with E-state index in [0.29, 0.717) is 19.3 Å². The number of esters is 3. The van der Waals surface area contributed by atoms with Gasteiger partial charge in [-0.3, -0.25) is 14.4 Å². The normalized spacial score (nSPS) is 17.9. The molecule has 1 fully saturated rings. The largest absolute Gasteiger partial charge is 0.479 e. The van der Waals surface area contributed by atoms with E-state index < -0.39 is 67.3 Å². The van der Waals surface area contributed by atoms with Crippen molar-refractivity contribution in [1.82, 2.24) is 0 Å². The molecular formula is C71H124O12. The quantitative estimate of drug-likeness (QED) is 0.0228. The van der Waals surface area contributed by atoms with E-state index in [9.17, 15) is 34.5 Å². The number of carbonyl (C=O) groups excluding carboxylic acids is 3. The molecule has 0 aromatic carbocycles. The summed E-state index contributed by atoms with van der Waals surface area (Å²) >= 11 is 0. The third kappa shape index (κ3) is 48.3. The number of carbonyl (C=O) groups is 4. The molecule has 1 saturated heterocycles. The van der Waals surface area contributed by atoms with Gasteiger partial charge in [0.2, 0.25) is 0 Å². The predicted octanol–water partition coefficient (Wildman–Crippen LogP) is 18.7. The summed E-state index contributed by atoms with van der Waals surface area (Å²) in [7, 11) is 0. The van der Waals surface area contributed by atoms with Crippen LogP contribution in [0.1, 0.15) is 316 Å². The molecule has 0 aromatic heterocycles. The molecule has 1 aliphatic rings. The van der Waals surface area contributed by atoms with Gasteiger partial charge in [0.1, 0.15) is 18.8 Å². The van der Waals surface area contributed by atoms with Crippen LogP contribution in [0.2, 0.25) is 0 Å². The van der Waals surface area contributed by atoms with Gasteiger partial charge in [-0.2, -0.15) is 0 Å². The smallest absolute Gasteiger partial charge is 0.335 e. The zero-order chi connectivity index (χ0) is 60.3. The average molecular weight is 1170 g/mol. The Bertz CT molecular complexity index is 1670. The van der Waals surface area contributed by atoms with Crippen LogP contribution in [0.15, 0.2) is 60.8 Å². The maximum atomic E-state index is 13.2. The van der Waals surface area contributed by atoms with Gasteiger partial charge in [0.25, 0.3) is 0 Å². The fourth-order valence-electron chi connectivity index (χ4n) is 10.4. The lowest BCUT2D eigenvalue weighted by Crippen LogP contribution is -2.61. The first-order valence-corrected chi connectivity index (χ1v) is 34.3. The summed E-state index contributed by atoms with van der Waals surface area (Å²) in [5, 5.41) is 31.6. The molecule has 83 heavy (non-hydrogen) atoms. The number of unbranched alkanes of at least 4 members (excludes halogenated alkanes) is 36. The average Bonchev–Trinajstić information content (AvgIpc) is 3.57. The Morgan fingerprint density at radius 1 is 0.410 bits per heavy atom. The summed E-state index contributed by atoms with van der Waals surface area (Å²) in [5.74, 6) is -3.25. The molecule has 0 aliphatic carbocycles. The van der Waals surface area contributed by atoms with Crippen LogP contribution in [0.3, 0.4) is 0 Å². The Balaban J connectivity index is 2.66. The van der Waals surface area contributed by atoms with Gasteiger partial charge in [0.05, 0.1) is 13.0 Å². The van der Waals surface area contributed by atoms with E-state index in [0.717, 1.165) is 64.2 Å². The first-order chi connectivity index (χ1) is 40.6. The molecule has 1 aliphatic heterocycles. The van der Waals surface area contributed by atoms with Crippen LogP contribution in [0, 0.1) is 0 Å². The highest BCUT2D eigenvalue weighted by atomic mass is 16.7. The van der Waals surface area contributed by atoms with Crippen molar-refractivity contribution >= 4 is 23.9 Å². The molecule has 3 N–H and O–H groups in total. The topological polar surface area (TPSA) is 175 Å². The van der Waals surface area contributed by atoms with Crippen LogP contribution in [0.4, 0.5) is 0 Å². The highest BCUT2D eigenvalue weighted by Crippen LogP contribution is 2.26. The van der Waals surface area contributed by atoms with Crippen molar-refractivity contribution in [3.8, 4) is 0 Å². The Kier molecular flexibility index (Phi) is 54.8. The molecule has 6 unspecified atom stereocenters. The highest BCUT2D eigenvalue weighted by Gasteiger charge is 2.50. The van der Waals surface area contributed by atoms with E-state index in [1.807, 2.05) is 12.2 Å². The molecule has 1 rings (SSSR count). The molecule has 0 radical (unpaired) electrons. The van der Waals surface area contributed by atoms with E-state index >= 15 is 0 Å². The van der Waals surface area contributed by atoms with Gasteiger partial charge in [0, 0.05) is 12.8 Å². The minimum absolute atomic E-state index is 0.157. The van der Waals surface area contributed by atoms with Gasteiger partial charge in [-0.15, -0.1) is 0 Å². The number of rotatable bonds is 59. The number of aliphatic hydroxyl groups excluding tert-OH is 2. The summed E-state index contributed by atoms with van der Waals surface area (Å²) in [6.07, 6.45) is 62.2. The molecule has 0 spiro atoms. The van der Waals surface area contributed by atoms with E-state index in [-0.39, 0.29) is 25.9 Å². The summed E-state index contributed by atoms with van der Waals surface area (Å²) < 4.78 is 28.5. The first kappa shape index (κ1) is 77.4. The molecule has 6 atom stereocenters. The molecule has 12 heteroatoms. The minimum atomic E-state index is -1.93. The van der Waals surface area contributed by atoms with E-state index in [2.05, 4.69) is 57.2 Å². The predicted molar refractivity (Wildman–Crippen MR) is 340 cm³/mol. The SMILES string of the molecule is CC/C=C\C/C=C\C/C=C\C/C=C\C/C=C\CC(=O)OC1C(OCC(COC(=O)CCCCCCCCCCCCCCCCCCCCC)OC(=O)CCCCCCCCCCCCCCCCCCCCC)OC(C(=O)O)C(O)C1O. The zero-order valence-corrected chi connectivity index (χ0v) is 53.2. The van der Waals surface area contributed by atoms with Crippen LogP contribution < -0.4 is 0 Å². The van der Waals surface area contributed by atoms with E-state index in [1.54, 1.807) is 12.2 Å². The van der Waals surface area contributed by atoms with Crippen LogP contribution in [0.25, 0.3) is 0 Å². The fourth-order valence-corrected chi connectivity index (χ4v) is 10.4. The Labute approximate surface area is 506 Å². The minimum Gasteiger partial charge on any atom is -0.479 e. The molecule has 12 nitrogen and oxygen atoms in total. The Hall–Kier alpha value is -3.58. The summed E-state index contributed by atoms with van der Waals surface area (Å²) in [4.78, 5) is 51.3.